The Morgan fingerprint density at radius 1 is 1.25 bits per heavy atom. The number of piperazine rings is 1. The van der Waals surface area contributed by atoms with Crippen LogP contribution in [0.4, 0.5) is 9.59 Å². The molecule has 2 rings (SSSR count). The van der Waals surface area contributed by atoms with Gasteiger partial charge in [-0.15, -0.1) is 0 Å². The van der Waals surface area contributed by atoms with E-state index in [1.807, 2.05) is 0 Å². The number of ether oxygens (including phenoxy) is 2. The number of aliphatic carboxylic acids is 1. The number of hydrogen-bond acceptors (Lipinski definition) is 5. The topological polar surface area (TPSA) is 96.4 Å². The van der Waals surface area contributed by atoms with Crippen LogP contribution in [0.1, 0.15) is 33.6 Å². The average Bonchev–Trinajstić information content (AvgIpc) is 2.76. The maximum atomic E-state index is 12.5. The van der Waals surface area contributed by atoms with Crippen molar-refractivity contribution in [1.82, 2.24) is 9.80 Å². The van der Waals surface area contributed by atoms with Crippen molar-refractivity contribution in [3.05, 3.63) is 12.7 Å². The molecule has 2 aliphatic rings. The van der Waals surface area contributed by atoms with Crippen LogP contribution in [0.25, 0.3) is 0 Å². The largest absolute Gasteiger partial charge is 0.480 e. The Kier molecular flexibility index (Phi) is 5.05. The molecule has 0 aromatic carbocycles. The molecule has 0 saturated carbocycles. The van der Waals surface area contributed by atoms with Crippen LogP contribution in [0.5, 0.6) is 0 Å². The minimum Gasteiger partial charge on any atom is -0.480 e. The number of carbonyl (C=O) groups is 3. The Labute approximate surface area is 141 Å². The van der Waals surface area contributed by atoms with Gasteiger partial charge in [-0.2, -0.15) is 0 Å². The van der Waals surface area contributed by atoms with Gasteiger partial charge in [-0.05, 0) is 33.6 Å². The lowest BCUT2D eigenvalue weighted by Crippen LogP contribution is -2.65. The Balaban J connectivity index is 2.21. The molecule has 2 amide bonds. The van der Waals surface area contributed by atoms with Crippen molar-refractivity contribution >= 4 is 18.2 Å². The number of carboxylic acid groups (broad SMARTS) is 1. The van der Waals surface area contributed by atoms with E-state index in [0.29, 0.717) is 12.8 Å². The predicted molar refractivity (Wildman–Crippen MR) is 84.6 cm³/mol. The number of nitrogens with zero attached hydrogens (tertiary/aromatic N) is 2. The Bertz CT molecular complexity index is 541. The summed E-state index contributed by atoms with van der Waals surface area (Å²) in [6.07, 6.45) is 1.30. The van der Waals surface area contributed by atoms with Crippen molar-refractivity contribution in [3.63, 3.8) is 0 Å². The quantitative estimate of drug-likeness (QED) is 0.788. The van der Waals surface area contributed by atoms with Gasteiger partial charge in [0, 0.05) is 6.54 Å². The summed E-state index contributed by atoms with van der Waals surface area (Å²) in [5.41, 5.74) is -0.671. The first-order chi connectivity index (χ1) is 11.2. The van der Waals surface area contributed by atoms with Crippen molar-refractivity contribution in [2.24, 2.45) is 0 Å². The van der Waals surface area contributed by atoms with Crippen LogP contribution in [-0.2, 0) is 14.3 Å². The van der Waals surface area contributed by atoms with Crippen molar-refractivity contribution in [3.8, 4) is 0 Å². The number of amides is 2. The zero-order chi connectivity index (χ0) is 18.1. The van der Waals surface area contributed by atoms with E-state index in [2.05, 4.69) is 6.58 Å². The number of rotatable bonds is 3. The van der Waals surface area contributed by atoms with Gasteiger partial charge in [-0.25, -0.2) is 14.4 Å². The van der Waals surface area contributed by atoms with Crippen LogP contribution < -0.4 is 0 Å². The summed E-state index contributed by atoms with van der Waals surface area (Å²) < 4.78 is 10.4. The van der Waals surface area contributed by atoms with Crippen LogP contribution in [0.3, 0.4) is 0 Å². The first-order valence-electron chi connectivity index (χ1n) is 7.94. The summed E-state index contributed by atoms with van der Waals surface area (Å²) in [6.45, 7) is 8.85. The van der Waals surface area contributed by atoms with Gasteiger partial charge in [-0.3, -0.25) is 9.80 Å². The maximum absolute atomic E-state index is 12.5. The molecule has 0 aromatic heterocycles. The Morgan fingerprint density at radius 3 is 2.46 bits per heavy atom. The summed E-state index contributed by atoms with van der Waals surface area (Å²) in [5.74, 6) is -1.16. The minimum absolute atomic E-state index is 0.00673. The van der Waals surface area contributed by atoms with Gasteiger partial charge >= 0.3 is 18.2 Å². The van der Waals surface area contributed by atoms with Crippen LogP contribution in [0.15, 0.2) is 12.7 Å². The molecule has 2 heterocycles. The van der Waals surface area contributed by atoms with Gasteiger partial charge in [0.05, 0.1) is 12.1 Å². The van der Waals surface area contributed by atoms with E-state index >= 15 is 0 Å². The summed E-state index contributed by atoms with van der Waals surface area (Å²) >= 11 is 0. The van der Waals surface area contributed by atoms with Crippen LogP contribution in [0.2, 0.25) is 0 Å². The highest BCUT2D eigenvalue weighted by molar-refractivity contribution is 5.83. The van der Waals surface area contributed by atoms with Crippen LogP contribution >= 0.6 is 0 Å². The van der Waals surface area contributed by atoms with Gasteiger partial charge in [0.2, 0.25) is 0 Å². The summed E-state index contributed by atoms with van der Waals surface area (Å²) in [4.78, 5) is 39.0. The van der Waals surface area contributed by atoms with E-state index in [-0.39, 0.29) is 19.2 Å². The van der Waals surface area contributed by atoms with E-state index in [9.17, 15) is 19.5 Å². The zero-order valence-electron chi connectivity index (χ0n) is 14.2. The van der Waals surface area contributed by atoms with Gasteiger partial charge in [0.1, 0.15) is 12.2 Å². The molecule has 2 aliphatic heterocycles. The molecule has 3 atom stereocenters. The fourth-order valence-electron chi connectivity index (χ4n) is 3.25. The molecular formula is C16H24N2O6. The summed E-state index contributed by atoms with van der Waals surface area (Å²) in [7, 11) is 0. The second-order valence-electron chi connectivity index (χ2n) is 6.99. The van der Waals surface area contributed by atoms with Crippen molar-refractivity contribution in [2.75, 3.05) is 13.2 Å². The zero-order valence-corrected chi connectivity index (χ0v) is 14.2. The second-order valence-corrected chi connectivity index (χ2v) is 6.99. The van der Waals surface area contributed by atoms with Gasteiger partial charge in [0.25, 0.3) is 0 Å². The number of carboxylic acids is 1. The van der Waals surface area contributed by atoms with Gasteiger partial charge < -0.3 is 14.6 Å². The third-order valence-electron chi connectivity index (χ3n) is 4.07. The Hall–Kier alpha value is -2.25. The molecule has 3 unspecified atom stereocenters. The second kappa shape index (κ2) is 6.70. The molecule has 8 heteroatoms. The minimum atomic E-state index is -1.16. The molecule has 134 valence electrons. The van der Waals surface area contributed by atoms with Crippen LogP contribution in [0, 0.1) is 0 Å². The van der Waals surface area contributed by atoms with E-state index in [4.69, 9.17) is 9.47 Å². The third-order valence-corrected chi connectivity index (χ3v) is 4.07. The summed E-state index contributed by atoms with van der Waals surface area (Å²) in [5, 5.41) is 9.59. The molecule has 0 aromatic rings. The molecule has 24 heavy (non-hydrogen) atoms. The number of hydrogen-bond donors (Lipinski definition) is 1. The first-order valence-corrected chi connectivity index (χ1v) is 7.94. The molecule has 0 spiro atoms. The molecule has 1 N–H and O–H groups in total. The standard InChI is InChI=1S/C16H24N2O6/c1-5-8-23-14(21)17-9-10-6-7-11(12(17)13(19)20)18(10)15(22)24-16(2,3)4/h5,10-12H,1,6-9H2,2-4H3,(H,19,20). The smallest absolute Gasteiger partial charge is 0.410 e. The number of fused-ring (bicyclic) bond motifs is 2. The van der Waals surface area contributed by atoms with E-state index in [0.717, 1.165) is 0 Å². The molecule has 0 radical (unpaired) electrons. The molecule has 2 saturated heterocycles. The first kappa shape index (κ1) is 18.1. The maximum Gasteiger partial charge on any atom is 0.410 e. The highest BCUT2D eigenvalue weighted by Gasteiger charge is 2.54. The van der Waals surface area contributed by atoms with Crippen LogP contribution in [-0.4, -0.2) is 69.9 Å². The molecule has 0 aliphatic carbocycles. The SMILES string of the molecule is C=CCOC(=O)N1CC2CCC(C1C(=O)O)N2C(=O)OC(C)(C)C. The highest BCUT2D eigenvalue weighted by Crippen LogP contribution is 2.36. The van der Waals surface area contributed by atoms with E-state index < -0.39 is 35.8 Å². The van der Waals surface area contributed by atoms with Crippen molar-refractivity contribution < 1.29 is 29.0 Å². The third kappa shape index (κ3) is 3.63. The monoisotopic (exact) mass is 340 g/mol. The van der Waals surface area contributed by atoms with E-state index in [1.54, 1.807) is 20.8 Å². The molecule has 2 fully saturated rings. The van der Waals surface area contributed by atoms with Crippen molar-refractivity contribution in [1.29, 1.82) is 0 Å². The molecule has 8 nitrogen and oxygen atoms in total. The lowest BCUT2D eigenvalue weighted by atomic mass is 10.0. The Morgan fingerprint density at radius 2 is 1.92 bits per heavy atom. The summed E-state index contributed by atoms with van der Waals surface area (Å²) in [6, 6.07) is -2.03. The fourth-order valence-corrected chi connectivity index (χ4v) is 3.25. The normalized spacial score (nSPS) is 26.0. The number of likely N-dealkylation sites (tertiary alicyclic amines) is 1. The lowest BCUT2D eigenvalue weighted by molar-refractivity contribution is -0.147. The highest BCUT2D eigenvalue weighted by atomic mass is 16.6. The lowest BCUT2D eigenvalue weighted by Gasteiger charge is -2.44. The van der Waals surface area contributed by atoms with E-state index in [1.165, 1.54) is 15.9 Å². The van der Waals surface area contributed by atoms with Gasteiger partial charge in [-0.1, -0.05) is 12.7 Å². The van der Waals surface area contributed by atoms with Gasteiger partial charge in [0.15, 0.2) is 6.04 Å². The number of carbonyl (C=O) groups excluding carboxylic acids is 2. The molecular weight excluding hydrogens is 316 g/mol. The molecule has 2 bridgehead atoms. The predicted octanol–water partition coefficient (Wildman–Crippen LogP) is 1.85. The van der Waals surface area contributed by atoms with Crippen molar-refractivity contribution in [2.45, 2.75) is 57.3 Å². The fraction of sp³-hybridized carbons (Fsp3) is 0.688. The average molecular weight is 340 g/mol.